The van der Waals surface area contributed by atoms with Crippen molar-refractivity contribution >= 4 is 0 Å². The molecule has 1 rings (SSSR count). The zero-order valence-electron chi connectivity index (χ0n) is 12.6. The lowest BCUT2D eigenvalue weighted by molar-refractivity contribution is 0.0507. The normalized spacial score (nSPS) is 14.5. The third kappa shape index (κ3) is 4.44. The first-order chi connectivity index (χ1) is 9.51. The molecule has 1 aromatic rings. The van der Waals surface area contributed by atoms with E-state index in [9.17, 15) is 9.50 Å². The number of rotatable bonds is 8. The maximum absolute atomic E-state index is 13.4. The van der Waals surface area contributed by atoms with E-state index in [1.807, 2.05) is 13.8 Å². The molecule has 0 aliphatic heterocycles. The molecule has 0 aliphatic rings. The van der Waals surface area contributed by atoms with Gasteiger partial charge in [-0.25, -0.2) is 4.39 Å². The van der Waals surface area contributed by atoms with Crippen LogP contribution in [0.5, 0.6) is 5.75 Å². The van der Waals surface area contributed by atoms with E-state index in [2.05, 4.69) is 4.90 Å². The zero-order valence-corrected chi connectivity index (χ0v) is 12.6. The first-order valence-corrected chi connectivity index (χ1v) is 6.73. The quantitative estimate of drug-likeness (QED) is 0.797. The summed E-state index contributed by atoms with van der Waals surface area (Å²) in [5.74, 6) is -0.248. The first kappa shape index (κ1) is 16.9. The molecule has 0 aromatic heterocycles. The maximum Gasteiger partial charge on any atom is 0.123 e. The molecule has 0 spiro atoms. The fraction of sp³-hybridized carbons (Fsp3) is 0.600. The lowest BCUT2D eigenvalue weighted by atomic mass is 10.0. The van der Waals surface area contributed by atoms with Gasteiger partial charge in [0.2, 0.25) is 0 Å². The molecule has 0 saturated carbocycles. The summed E-state index contributed by atoms with van der Waals surface area (Å²) in [6.45, 7) is 5.78. The summed E-state index contributed by atoms with van der Waals surface area (Å²) in [7, 11) is 3.29. The molecule has 1 N–H and O–H groups in total. The summed E-state index contributed by atoms with van der Waals surface area (Å²) in [5.41, 5.74) is 0.573. The van der Waals surface area contributed by atoms with Crippen molar-refractivity contribution in [2.45, 2.75) is 25.9 Å². The van der Waals surface area contributed by atoms with Crippen LogP contribution in [0, 0.1) is 5.82 Å². The van der Waals surface area contributed by atoms with E-state index in [1.165, 1.54) is 18.2 Å². The van der Waals surface area contributed by atoms with Crippen LogP contribution >= 0.6 is 0 Å². The number of methoxy groups -OCH3 is 2. The van der Waals surface area contributed by atoms with Crippen LogP contribution < -0.4 is 0 Å². The minimum atomic E-state index is -0.351. The van der Waals surface area contributed by atoms with E-state index in [0.717, 1.165) is 0 Å². The number of ether oxygens (including phenoxy) is 2. The number of phenols is 1. The molecular weight excluding hydrogens is 261 g/mol. The summed E-state index contributed by atoms with van der Waals surface area (Å²) in [6.07, 6.45) is 0. The Kier molecular flexibility index (Phi) is 6.91. The smallest absolute Gasteiger partial charge is 0.123 e. The number of hydrogen-bond donors (Lipinski definition) is 1. The molecule has 4 nitrogen and oxygen atoms in total. The molecule has 0 aliphatic carbocycles. The third-order valence-corrected chi connectivity index (χ3v) is 3.46. The van der Waals surface area contributed by atoms with Crippen LogP contribution in [-0.4, -0.2) is 50.0 Å². The standard InChI is InChI=1S/C15H24FNO3/c1-11(10-20-4)17(7-8-19-3)12(2)14-9-13(16)5-6-15(14)18/h5-6,9,11-12,18H,7-8,10H2,1-4H3. The van der Waals surface area contributed by atoms with E-state index < -0.39 is 0 Å². The lowest BCUT2D eigenvalue weighted by Crippen LogP contribution is -2.40. The van der Waals surface area contributed by atoms with Gasteiger partial charge < -0.3 is 14.6 Å². The van der Waals surface area contributed by atoms with Crippen LogP contribution in [0.1, 0.15) is 25.5 Å². The monoisotopic (exact) mass is 285 g/mol. The van der Waals surface area contributed by atoms with E-state index in [4.69, 9.17) is 9.47 Å². The van der Waals surface area contributed by atoms with Gasteiger partial charge in [0.25, 0.3) is 0 Å². The van der Waals surface area contributed by atoms with Crippen LogP contribution in [-0.2, 0) is 9.47 Å². The summed E-state index contributed by atoms with van der Waals surface area (Å²) < 4.78 is 23.7. The average Bonchev–Trinajstić information content (AvgIpc) is 2.42. The molecule has 0 saturated heterocycles. The topological polar surface area (TPSA) is 41.9 Å². The minimum Gasteiger partial charge on any atom is -0.508 e. The first-order valence-electron chi connectivity index (χ1n) is 6.73. The van der Waals surface area contributed by atoms with Crippen molar-refractivity contribution in [3.05, 3.63) is 29.6 Å². The van der Waals surface area contributed by atoms with Gasteiger partial charge in [-0.2, -0.15) is 0 Å². The fourth-order valence-corrected chi connectivity index (χ4v) is 2.37. The Balaban J connectivity index is 2.95. The second-order valence-corrected chi connectivity index (χ2v) is 4.91. The van der Waals surface area contributed by atoms with Crippen molar-refractivity contribution in [1.29, 1.82) is 0 Å². The summed E-state index contributed by atoms with van der Waals surface area (Å²) in [4.78, 5) is 2.13. The summed E-state index contributed by atoms with van der Waals surface area (Å²) >= 11 is 0. The molecule has 114 valence electrons. The van der Waals surface area contributed by atoms with E-state index in [-0.39, 0.29) is 23.7 Å². The van der Waals surface area contributed by atoms with E-state index in [0.29, 0.717) is 25.3 Å². The predicted octanol–water partition coefficient (Wildman–Crippen LogP) is 2.58. The number of halogens is 1. The van der Waals surface area contributed by atoms with Gasteiger partial charge in [0.15, 0.2) is 0 Å². The third-order valence-electron chi connectivity index (χ3n) is 3.46. The Morgan fingerprint density at radius 3 is 2.55 bits per heavy atom. The largest absolute Gasteiger partial charge is 0.508 e. The summed E-state index contributed by atoms with van der Waals surface area (Å²) in [5, 5.41) is 9.94. The van der Waals surface area contributed by atoms with Crippen molar-refractivity contribution in [2.24, 2.45) is 0 Å². The highest BCUT2D eigenvalue weighted by molar-refractivity contribution is 5.35. The Hall–Kier alpha value is -1.17. The summed E-state index contributed by atoms with van der Waals surface area (Å²) in [6, 6.07) is 4.01. The van der Waals surface area contributed by atoms with E-state index in [1.54, 1.807) is 14.2 Å². The predicted molar refractivity (Wildman–Crippen MR) is 76.4 cm³/mol. The van der Waals surface area contributed by atoms with Crippen LogP contribution in [0.3, 0.4) is 0 Å². The minimum absolute atomic E-state index is 0.103. The van der Waals surface area contributed by atoms with Gasteiger partial charge in [0, 0.05) is 38.4 Å². The SMILES string of the molecule is COCCN(C(C)COC)C(C)c1cc(F)ccc1O. The second kappa shape index (κ2) is 8.19. The fourth-order valence-electron chi connectivity index (χ4n) is 2.37. The van der Waals surface area contributed by atoms with Crippen molar-refractivity contribution in [2.75, 3.05) is 34.0 Å². The van der Waals surface area contributed by atoms with Crippen molar-refractivity contribution < 1.29 is 19.0 Å². The molecule has 2 unspecified atom stereocenters. The zero-order chi connectivity index (χ0) is 15.1. The molecule has 0 radical (unpaired) electrons. The molecule has 0 bridgehead atoms. The molecule has 2 atom stereocenters. The molecule has 1 aromatic carbocycles. The highest BCUT2D eigenvalue weighted by Gasteiger charge is 2.23. The van der Waals surface area contributed by atoms with Gasteiger partial charge >= 0.3 is 0 Å². The Morgan fingerprint density at radius 2 is 1.95 bits per heavy atom. The van der Waals surface area contributed by atoms with E-state index >= 15 is 0 Å². The van der Waals surface area contributed by atoms with Gasteiger partial charge in [-0.15, -0.1) is 0 Å². The molecular formula is C15H24FNO3. The van der Waals surface area contributed by atoms with Crippen molar-refractivity contribution in [1.82, 2.24) is 4.90 Å². The number of phenolic OH excluding ortho intramolecular Hbond substituents is 1. The Bertz CT molecular complexity index is 414. The van der Waals surface area contributed by atoms with Crippen molar-refractivity contribution in [3.8, 4) is 5.75 Å². The van der Waals surface area contributed by atoms with Crippen molar-refractivity contribution in [3.63, 3.8) is 0 Å². The maximum atomic E-state index is 13.4. The molecule has 20 heavy (non-hydrogen) atoms. The van der Waals surface area contributed by atoms with Gasteiger partial charge in [-0.05, 0) is 32.0 Å². The van der Waals surface area contributed by atoms with Gasteiger partial charge in [-0.1, -0.05) is 0 Å². The lowest BCUT2D eigenvalue weighted by Gasteiger charge is -2.34. The second-order valence-electron chi connectivity index (χ2n) is 4.91. The number of aromatic hydroxyl groups is 1. The van der Waals surface area contributed by atoms with Crippen LogP contribution in [0.2, 0.25) is 0 Å². The molecule has 5 heteroatoms. The van der Waals surface area contributed by atoms with Crippen LogP contribution in [0.25, 0.3) is 0 Å². The molecule has 0 fully saturated rings. The van der Waals surface area contributed by atoms with Gasteiger partial charge in [0.1, 0.15) is 11.6 Å². The van der Waals surface area contributed by atoms with Crippen LogP contribution in [0.15, 0.2) is 18.2 Å². The number of hydrogen-bond acceptors (Lipinski definition) is 4. The van der Waals surface area contributed by atoms with Gasteiger partial charge in [-0.3, -0.25) is 4.90 Å². The van der Waals surface area contributed by atoms with Crippen LogP contribution in [0.4, 0.5) is 4.39 Å². The highest BCUT2D eigenvalue weighted by atomic mass is 19.1. The Labute approximate surface area is 120 Å². The molecule has 0 heterocycles. The average molecular weight is 285 g/mol. The number of nitrogens with zero attached hydrogens (tertiary/aromatic N) is 1. The molecule has 0 amide bonds. The van der Waals surface area contributed by atoms with Gasteiger partial charge in [0.05, 0.1) is 13.2 Å². The Morgan fingerprint density at radius 1 is 1.25 bits per heavy atom. The highest BCUT2D eigenvalue weighted by Crippen LogP contribution is 2.30. The number of benzene rings is 1.